The second-order valence-corrected chi connectivity index (χ2v) is 5.88. The number of methoxy groups -OCH3 is 1. The quantitative estimate of drug-likeness (QED) is 0.571. The summed E-state index contributed by atoms with van der Waals surface area (Å²) >= 11 is 0. The van der Waals surface area contributed by atoms with Crippen molar-refractivity contribution >= 4 is 18.3 Å². The molecule has 1 fully saturated rings. The first kappa shape index (κ1) is 17.3. The van der Waals surface area contributed by atoms with E-state index in [0.29, 0.717) is 17.4 Å². The number of benzene rings is 1. The van der Waals surface area contributed by atoms with Gasteiger partial charge in [0.1, 0.15) is 6.29 Å². The summed E-state index contributed by atoms with van der Waals surface area (Å²) in [6.45, 7) is 3.49. The van der Waals surface area contributed by atoms with Crippen LogP contribution in [-0.2, 0) is 14.9 Å². The highest BCUT2D eigenvalue weighted by atomic mass is 19.3. The van der Waals surface area contributed by atoms with E-state index in [0.717, 1.165) is 0 Å². The van der Waals surface area contributed by atoms with Crippen molar-refractivity contribution in [2.24, 2.45) is 0 Å². The molecular formula is C17H19F2NO3. The van der Waals surface area contributed by atoms with E-state index in [9.17, 15) is 18.4 Å². The average Bonchev–Trinajstić information content (AvgIpc) is 3.07. The van der Waals surface area contributed by atoms with E-state index < -0.39 is 17.3 Å². The number of nitrogens with zero attached hydrogens (tertiary/aromatic N) is 1. The standard InChI is InChI=1S/C17H19F2NO3/c1-4-12-5-6-13(9-21)14(7-12)16(10-17(16,18)19)11-20(2)8-15(22)23-3/h4-7,9H,1,8,10-11H2,2-3H3. The molecule has 0 aromatic heterocycles. The largest absolute Gasteiger partial charge is 0.468 e. The number of carbonyl (C=O) groups is 2. The molecule has 0 aliphatic heterocycles. The molecule has 0 radical (unpaired) electrons. The number of rotatable bonds is 7. The Balaban J connectivity index is 2.37. The van der Waals surface area contributed by atoms with Gasteiger partial charge in [0, 0.05) is 18.5 Å². The highest BCUT2D eigenvalue weighted by molar-refractivity contribution is 5.80. The number of hydrogen-bond acceptors (Lipinski definition) is 4. The lowest BCUT2D eigenvalue weighted by Crippen LogP contribution is -2.37. The van der Waals surface area contributed by atoms with Crippen LogP contribution in [0.25, 0.3) is 6.08 Å². The molecule has 0 heterocycles. The number of halogens is 2. The lowest BCUT2D eigenvalue weighted by Gasteiger charge is -2.25. The molecule has 1 aromatic rings. The summed E-state index contributed by atoms with van der Waals surface area (Å²) in [6, 6.07) is 4.76. The van der Waals surface area contributed by atoms with Crippen LogP contribution in [0.4, 0.5) is 8.78 Å². The fraction of sp³-hybridized carbons (Fsp3) is 0.412. The van der Waals surface area contributed by atoms with Gasteiger partial charge >= 0.3 is 5.97 Å². The van der Waals surface area contributed by atoms with Gasteiger partial charge in [0.15, 0.2) is 0 Å². The lowest BCUT2D eigenvalue weighted by molar-refractivity contribution is -0.141. The summed E-state index contributed by atoms with van der Waals surface area (Å²) in [7, 11) is 2.82. The Morgan fingerprint density at radius 2 is 2.13 bits per heavy atom. The number of carbonyl (C=O) groups excluding carboxylic acids is 2. The lowest BCUT2D eigenvalue weighted by atomic mass is 9.89. The maximum absolute atomic E-state index is 14.2. The van der Waals surface area contributed by atoms with Gasteiger partial charge in [-0.1, -0.05) is 30.9 Å². The second-order valence-electron chi connectivity index (χ2n) is 5.88. The molecule has 4 nitrogen and oxygen atoms in total. The molecule has 0 amide bonds. The van der Waals surface area contributed by atoms with Gasteiger partial charge < -0.3 is 4.74 Å². The van der Waals surface area contributed by atoms with Gasteiger partial charge in [-0.2, -0.15) is 0 Å². The van der Waals surface area contributed by atoms with Crippen molar-refractivity contribution in [2.75, 3.05) is 27.2 Å². The normalized spacial score (nSPS) is 21.8. The van der Waals surface area contributed by atoms with Gasteiger partial charge in [-0.15, -0.1) is 0 Å². The summed E-state index contributed by atoms with van der Waals surface area (Å²) in [4.78, 5) is 24.1. The van der Waals surface area contributed by atoms with Crippen molar-refractivity contribution in [3.8, 4) is 0 Å². The fourth-order valence-corrected chi connectivity index (χ4v) is 2.90. The SMILES string of the molecule is C=Cc1ccc(C=O)c(C2(CN(C)CC(=O)OC)CC2(F)F)c1. The summed E-state index contributed by atoms with van der Waals surface area (Å²) in [5, 5.41) is 0. The number of esters is 1. The van der Waals surface area contributed by atoms with E-state index in [1.54, 1.807) is 25.3 Å². The van der Waals surface area contributed by atoms with Gasteiger partial charge in [0.2, 0.25) is 0 Å². The molecular weight excluding hydrogens is 304 g/mol. The molecule has 1 aromatic carbocycles. The molecule has 1 saturated carbocycles. The van der Waals surface area contributed by atoms with Crippen LogP contribution in [-0.4, -0.2) is 50.3 Å². The van der Waals surface area contributed by atoms with Crippen molar-refractivity contribution in [1.29, 1.82) is 0 Å². The van der Waals surface area contributed by atoms with Gasteiger partial charge in [-0.3, -0.25) is 14.5 Å². The Morgan fingerprint density at radius 3 is 2.61 bits per heavy atom. The topological polar surface area (TPSA) is 46.6 Å². The molecule has 1 unspecified atom stereocenters. The van der Waals surface area contributed by atoms with Crippen molar-refractivity contribution in [2.45, 2.75) is 17.8 Å². The number of aldehydes is 1. The summed E-state index contributed by atoms with van der Waals surface area (Å²) in [6.07, 6.45) is 1.77. The van der Waals surface area contributed by atoms with Crippen LogP contribution in [0, 0.1) is 0 Å². The first-order valence-electron chi connectivity index (χ1n) is 7.15. The van der Waals surface area contributed by atoms with Gasteiger partial charge in [-0.05, 0) is 18.2 Å². The van der Waals surface area contributed by atoms with Crippen molar-refractivity contribution < 1.29 is 23.1 Å². The highest BCUT2D eigenvalue weighted by Gasteiger charge is 2.72. The molecule has 1 atom stereocenters. The van der Waals surface area contributed by atoms with Crippen LogP contribution < -0.4 is 0 Å². The van der Waals surface area contributed by atoms with Gasteiger partial charge in [0.05, 0.1) is 19.1 Å². The maximum Gasteiger partial charge on any atom is 0.319 e. The molecule has 1 aliphatic carbocycles. The molecule has 1 aliphatic rings. The summed E-state index contributed by atoms with van der Waals surface area (Å²) < 4.78 is 32.9. The minimum Gasteiger partial charge on any atom is -0.468 e. The zero-order valence-corrected chi connectivity index (χ0v) is 13.1. The second kappa shape index (κ2) is 6.20. The Morgan fingerprint density at radius 1 is 1.48 bits per heavy atom. The first-order chi connectivity index (χ1) is 10.8. The first-order valence-corrected chi connectivity index (χ1v) is 7.15. The summed E-state index contributed by atoms with van der Waals surface area (Å²) in [5.41, 5.74) is -0.264. The van der Waals surface area contributed by atoms with E-state index in [-0.39, 0.29) is 25.1 Å². The predicted octanol–water partition coefficient (Wildman–Crippen LogP) is 2.52. The molecule has 2 rings (SSSR count). The van der Waals surface area contributed by atoms with E-state index in [4.69, 9.17) is 0 Å². The maximum atomic E-state index is 14.2. The number of ether oxygens (including phenoxy) is 1. The smallest absolute Gasteiger partial charge is 0.319 e. The number of likely N-dealkylation sites (N-methyl/N-ethyl adjacent to an activating group) is 1. The molecule has 0 N–H and O–H groups in total. The van der Waals surface area contributed by atoms with Crippen LogP contribution in [0.5, 0.6) is 0 Å². The molecule has 0 spiro atoms. The third kappa shape index (κ3) is 3.17. The Hall–Kier alpha value is -2.08. The molecule has 6 heteroatoms. The highest BCUT2D eigenvalue weighted by Crippen LogP contribution is 2.62. The van der Waals surface area contributed by atoms with Crippen LogP contribution >= 0.6 is 0 Å². The van der Waals surface area contributed by atoms with E-state index >= 15 is 0 Å². The van der Waals surface area contributed by atoms with Gasteiger partial charge in [-0.25, -0.2) is 8.78 Å². The van der Waals surface area contributed by atoms with E-state index in [1.165, 1.54) is 18.1 Å². The zero-order valence-electron chi connectivity index (χ0n) is 13.1. The van der Waals surface area contributed by atoms with Crippen LogP contribution in [0.2, 0.25) is 0 Å². The Kier molecular flexibility index (Phi) is 4.66. The number of hydrogen-bond donors (Lipinski definition) is 0. The predicted molar refractivity (Wildman–Crippen MR) is 82.7 cm³/mol. The number of alkyl halides is 2. The van der Waals surface area contributed by atoms with Crippen molar-refractivity contribution in [3.63, 3.8) is 0 Å². The average molecular weight is 323 g/mol. The monoisotopic (exact) mass is 323 g/mol. The molecule has 0 bridgehead atoms. The van der Waals surface area contributed by atoms with Crippen LogP contribution in [0.3, 0.4) is 0 Å². The van der Waals surface area contributed by atoms with E-state index in [1.807, 2.05) is 0 Å². The van der Waals surface area contributed by atoms with E-state index in [2.05, 4.69) is 11.3 Å². The molecule has 0 saturated heterocycles. The van der Waals surface area contributed by atoms with Crippen LogP contribution in [0.15, 0.2) is 24.8 Å². The minimum atomic E-state index is -2.92. The van der Waals surface area contributed by atoms with Crippen LogP contribution in [0.1, 0.15) is 27.9 Å². The minimum absolute atomic E-state index is 0.0451. The van der Waals surface area contributed by atoms with Gasteiger partial charge in [0.25, 0.3) is 5.92 Å². The zero-order chi connectivity index (χ0) is 17.3. The van der Waals surface area contributed by atoms with Crippen molar-refractivity contribution in [1.82, 2.24) is 4.90 Å². The third-order valence-electron chi connectivity index (χ3n) is 4.22. The fourth-order valence-electron chi connectivity index (χ4n) is 2.90. The molecule has 124 valence electrons. The Bertz CT molecular complexity index is 645. The third-order valence-corrected chi connectivity index (χ3v) is 4.22. The summed E-state index contributed by atoms with van der Waals surface area (Å²) in [5.74, 6) is -3.42. The molecule has 23 heavy (non-hydrogen) atoms. The van der Waals surface area contributed by atoms with Crippen molar-refractivity contribution in [3.05, 3.63) is 41.5 Å². The Labute approximate surface area is 133 Å².